The molecule has 2 heterocycles. The van der Waals surface area contributed by atoms with E-state index in [0.717, 1.165) is 31.5 Å². The summed E-state index contributed by atoms with van der Waals surface area (Å²) in [6.07, 6.45) is 5.63. The Morgan fingerprint density at radius 1 is 1.29 bits per heavy atom. The van der Waals surface area contributed by atoms with Crippen molar-refractivity contribution in [3.63, 3.8) is 0 Å². The van der Waals surface area contributed by atoms with E-state index >= 15 is 0 Å². The summed E-state index contributed by atoms with van der Waals surface area (Å²) in [5.41, 5.74) is 6.00. The molecule has 1 aromatic rings. The molecule has 1 amide bonds. The maximum absolute atomic E-state index is 12.9. The highest BCUT2D eigenvalue weighted by atomic mass is 35.5. The number of rotatable bonds is 2. The number of halogens is 2. The van der Waals surface area contributed by atoms with E-state index in [1.807, 2.05) is 11.8 Å². The lowest BCUT2D eigenvalue weighted by Gasteiger charge is -2.42. The van der Waals surface area contributed by atoms with Gasteiger partial charge >= 0.3 is 0 Å². The molecule has 1 aromatic heterocycles. The predicted octanol–water partition coefficient (Wildman–Crippen LogP) is 2.94. The zero-order chi connectivity index (χ0) is 17.3. The van der Waals surface area contributed by atoms with Crippen LogP contribution in [0.15, 0.2) is 12.3 Å². The van der Waals surface area contributed by atoms with E-state index in [9.17, 15) is 4.79 Å². The van der Waals surface area contributed by atoms with E-state index in [0.29, 0.717) is 36.2 Å². The first-order valence-corrected chi connectivity index (χ1v) is 9.28. The van der Waals surface area contributed by atoms with Gasteiger partial charge in [0.1, 0.15) is 5.82 Å². The highest BCUT2D eigenvalue weighted by molar-refractivity contribution is 6.36. The third-order valence-electron chi connectivity index (χ3n) is 5.23. The van der Waals surface area contributed by atoms with Crippen molar-refractivity contribution in [3.8, 4) is 0 Å². The Balaban J connectivity index is 1.63. The van der Waals surface area contributed by atoms with Crippen molar-refractivity contribution in [2.24, 2.45) is 11.7 Å². The van der Waals surface area contributed by atoms with Gasteiger partial charge < -0.3 is 15.5 Å². The normalized spacial score (nSPS) is 28.1. The highest BCUT2D eigenvalue weighted by Crippen LogP contribution is 2.33. The van der Waals surface area contributed by atoms with Crippen molar-refractivity contribution in [3.05, 3.63) is 22.3 Å². The molecule has 5 nitrogen and oxygen atoms in total. The molecule has 0 radical (unpaired) electrons. The van der Waals surface area contributed by atoms with Crippen LogP contribution in [-0.4, -0.2) is 47.5 Å². The maximum atomic E-state index is 12.9. The van der Waals surface area contributed by atoms with Crippen LogP contribution in [0.3, 0.4) is 0 Å². The molecule has 1 saturated heterocycles. The summed E-state index contributed by atoms with van der Waals surface area (Å²) >= 11 is 12.1. The van der Waals surface area contributed by atoms with Gasteiger partial charge in [0.2, 0.25) is 5.91 Å². The van der Waals surface area contributed by atoms with Gasteiger partial charge in [-0.3, -0.25) is 4.79 Å². The minimum absolute atomic E-state index is 0.0601. The van der Waals surface area contributed by atoms with Gasteiger partial charge in [-0.15, -0.1) is 0 Å². The van der Waals surface area contributed by atoms with Crippen molar-refractivity contribution in [2.75, 3.05) is 31.1 Å². The summed E-state index contributed by atoms with van der Waals surface area (Å²) in [6, 6.07) is 1.70. The quantitative estimate of drug-likeness (QED) is 0.868. The van der Waals surface area contributed by atoms with E-state index in [4.69, 9.17) is 28.9 Å². The number of carbonyl (C=O) groups excluding carboxylic acids is 1. The summed E-state index contributed by atoms with van der Waals surface area (Å²) in [5, 5.41) is 1.07. The number of amides is 1. The summed E-state index contributed by atoms with van der Waals surface area (Å²) in [7, 11) is 0. The van der Waals surface area contributed by atoms with Crippen LogP contribution in [0.5, 0.6) is 0 Å². The molecule has 7 heteroatoms. The standard InChI is InChI=1S/C17H24Cl2N4O/c1-17(20)5-3-2-4-13(17)16(24)23-8-6-22(7-9-23)15-14(19)10-12(18)11-21-15/h10-11,13H,2-9,20H2,1H3. The molecule has 2 unspecified atom stereocenters. The molecule has 24 heavy (non-hydrogen) atoms. The summed E-state index contributed by atoms with van der Waals surface area (Å²) in [6.45, 7) is 4.79. The molecule has 0 spiro atoms. The zero-order valence-electron chi connectivity index (χ0n) is 14.0. The van der Waals surface area contributed by atoms with Crippen LogP contribution < -0.4 is 10.6 Å². The average molecular weight is 371 g/mol. The molecule has 1 aliphatic heterocycles. The topological polar surface area (TPSA) is 62.5 Å². The molecule has 132 valence electrons. The number of piperazine rings is 1. The second kappa shape index (κ2) is 7.06. The molecule has 2 atom stereocenters. The van der Waals surface area contributed by atoms with Crippen molar-refractivity contribution in [1.29, 1.82) is 0 Å². The number of hydrogen-bond donors (Lipinski definition) is 1. The molecular formula is C17H24Cl2N4O. The van der Waals surface area contributed by atoms with Gasteiger partial charge in [0.15, 0.2) is 0 Å². The van der Waals surface area contributed by atoms with Crippen molar-refractivity contribution < 1.29 is 4.79 Å². The van der Waals surface area contributed by atoms with Crippen LogP contribution in [0, 0.1) is 5.92 Å². The van der Waals surface area contributed by atoms with E-state index in [-0.39, 0.29) is 17.4 Å². The third kappa shape index (κ3) is 3.63. The molecule has 2 fully saturated rings. The molecule has 2 aliphatic rings. The molecule has 1 saturated carbocycles. The number of anilines is 1. The maximum Gasteiger partial charge on any atom is 0.227 e. The second-order valence-electron chi connectivity index (χ2n) is 7.08. The Morgan fingerprint density at radius 3 is 2.62 bits per heavy atom. The van der Waals surface area contributed by atoms with Crippen LogP contribution in [0.4, 0.5) is 5.82 Å². The second-order valence-corrected chi connectivity index (χ2v) is 7.92. The fourth-order valence-corrected chi connectivity index (χ4v) is 4.26. The molecule has 0 aromatic carbocycles. The number of nitrogens with zero attached hydrogens (tertiary/aromatic N) is 3. The Hall–Kier alpha value is -1.04. The summed E-state index contributed by atoms with van der Waals surface area (Å²) in [4.78, 5) is 21.3. The van der Waals surface area contributed by atoms with Gasteiger partial charge in [-0.05, 0) is 25.8 Å². The Morgan fingerprint density at radius 2 is 2.00 bits per heavy atom. The lowest BCUT2D eigenvalue weighted by molar-refractivity contribution is -0.139. The van der Waals surface area contributed by atoms with Gasteiger partial charge in [0.05, 0.1) is 16.0 Å². The SMILES string of the molecule is CC1(N)CCCCC1C(=O)N1CCN(c2ncc(Cl)cc2Cl)CC1. The Kier molecular flexibility index (Phi) is 5.23. The minimum Gasteiger partial charge on any atom is -0.352 e. The van der Waals surface area contributed by atoms with Crippen LogP contribution in [0.2, 0.25) is 10.0 Å². The van der Waals surface area contributed by atoms with Crippen molar-refractivity contribution in [1.82, 2.24) is 9.88 Å². The van der Waals surface area contributed by atoms with Gasteiger partial charge in [0.25, 0.3) is 0 Å². The summed E-state index contributed by atoms with van der Waals surface area (Å²) < 4.78 is 0. The number of hydrogen-bond acceptors (Lipinski definition) is 4. The Labute approximate surface area is 153 Å². The molecular weight excluding hydrogens is 347 g/mol. The number of nitrogens with two attached hydrogens (primary N) is 1. The number of carbonyl (C=O) groups is 1. The van der Waals surface area contributed by atoms with Crippen molar-refractivity contribution >= 4 is 34.9 Å². The lowest BCUT2D eigenvalue weighted by atomic mass is 9.74. The first-order valence-electron chi connectivity index (χ1n) is 8.52. The van der Waals surface area contributed by atoms with Crippen LogP contribution in [0.25, 0.3) is 0 Å². The van der Waals surface area contributed by atoms with Crippen molar-refractivity contribution in [2.45, 2.75) is 38.1 Å². The van der Waals surface area contributed by atoms with Gasteiger partial charge in [0, 0.05) is 37.9 Å². The molecule has 0 bridgehead atoms. The smallest absolute Gasteiger partial charge is 0.227 e. The predicted molar refractivity (Wildman–Crippen MR) is 97.6 cm³/mol. The van der Waals surface area contributed by atoms with E-state index < -0.39 is 0 Å². The van der Waals surface area contributed by atoms with E-state index in [1.54, 1.807) is 12.3 Å². The van der Waals surface area contributed by atoms with Gasteiger partial charge in [-0.25, -0.2) is 4.98 Å². The largest absolute Gasteiger partial charge is 0.352 e. The fourth-order valence-electron chi connectivity index (χ4n) is 3.76. The van der Waals surface area contributed by atoms with Crippen LogP contribution in [0.1, 0.15) is 32.6 Å². The van der Waals surface area contributed by atoms with E-state index in [2.05, 4.69) is 9.88 Å². The van der Waals surface area contributed by atoms with E-state index in [1.165, 1.54) is 0 Å². The van der Waals surface area contributed by atoms with Gasteiger partial charge in [-0.2, -0.15) is 0 Å². The molecule has 1 aliphatic carbocycles. The first kappa shape index (κ1) is 17.8. The Bertz CT molecular complexity index is 615. The molecule has 3 rings (SSSR count). The lowest BCUT2D eigenvalue weighted by Crippen LogP contribution is -2.57. The summed E-state index contributed by atoms with van der Waals surface area (Å²) in [5.74, 6) is 0.874. The van der Waals surface area contributed by atoms with Gasteiger partial charge in [-0.1, -0.05) is 36.0 Å². The fraction of sp³-hybridized carbons (Fsp3) is 0.647. The average Bonchev–Trinajstić information content (AvgIpc) is 2.54. The first-order chi connectivity index (χ1) is 11.4. The van der Waals surface area contributed by atoms with Crippen LogP contribution >= 0.6 is 23.2 Å². The number of pyridine rings is 1. The third-order valence-corrected chi connectivity index (χ3v) is 5.72. The highest BCUT2D eigenvalue weighted by Gasteiger charge is 2.40. The van der Waals surface area contributed by atoms with Crippen LogP contribution in [-0.2, 0) is 4.79 Å². The monoisotopic (exact) mass is 370 g/mol. The molecule has 2 N–H and O–H groups in total. The minimum atomic E-state index is -0.381. The number of aromatic nitrogens is 1. The zero-order valence-corrected chi connectivity index (χ0v) is 15.5.